The first kappa shape index (κ1) is 16.9. The predicted molar refractivity (Wildman–Crippen MR) is 86.4 cm³/mol. The van der Waals surface area contributed by atoms with Crippen LogP contribution in [0.15, 0.2) is 42.9 Å². The molecule has 1 atom stereocenters. The maximum atomic E-state index is 12.8. The van der Waals surface area contributed by atoms with Crippen molar-refractivity contribution in [2.75, 3.05) is 27.4 Å². The lowest BCUT2D eigenvalue weighted by Gasteiger charge is -2.25. The Hall–Kier alpha value is -2.47. The molecule has 23 heavy (non-hydrogen) atoms. The number of aromatic nitrogens is 2. The number of hydrogen-bond donors (Lipinski definition) is 0. The molecular formula is C17H21N3O3. The fourth-order valence-corrected chi connectivity index (χ4v) is 2.12. The summed E-state index contributed by atoms with van der Waals surface area (Å²) in [5.41, 5.74) is 1.45. The molecule has 6 heteroatoms. The van der Waals surface area contributed by atoms with Gasteiger partial charge in [0.15, 0.2) is 0 Å². The zero-order valence-electron chi connectivity index (χ0n) is 13.6. The SMILES string of the molecule is COCCOc1ncccc1C(=O)N(C)C(C)c1ccncc1. The van der Waals surface area contributed by atoms with Gasteiger partial charge in [0.05, 0.1) is 12.6 Å². The third-order valence-electron chi connectivity index (χ3n) is 3.62. The molecule has 0 aromatic carbocycles. The summed E-state index contributed by atoms with van der Waals surface area (Å²) in [6.45, 7) is 2.75. The van der Waals surface area contributed by atoms with E-state index in [1.807, 2.05) is 19.1 Å². The Balaban J connectivity index is 2.16. The summed E-state index contributed by atoms with van der Waals surface area (Å²) in [6.07, 6.45) is 5.03. The molecule has 0 spiro atoms. The van der Waals surface area contributed by atoms with Gasteiger partial charge < -0.3 is 14.4 Å². The average Bonchev–Trinajstić information content (AvgIpc) is 2.61. The van der Waals surface area contributed by atoms with Gasteiger partial charge in [-0.1, -0.05) is 0 Å². The molecule has 1 unspecified atom stereocenters. The first-order chi connectivity index (χ1) is 11.1. The van der Waals surface area contributed by atoms with Crippen LogP contribution >= 0.6 is 0 Å². The van der Waals surface area contributed by atoms with E-state index in [0.717, 1.165) is 5.56 Å². The molecular weight excluding hydrogens is 294 g/mol. The summed E-state index contributed by atoms with van der Waals surface area (Å²) in [4.78, 5) is 22.6. The molecule has 1 amide bonds. The molecule has 2 aromatic heterocycles. The Bertz CT molecular complexity index is 634. The lowest BCUT2D eigenvalue weighted by Crippen LogP contribution is -2.30. The fraction of sp³-hybridized carbons (Fsp3) is 0.353. The largest absolute Gasteiger partial charge is 0.475 e. The maximum Gasteiger partial charge on any atom is 0.259 e. The Morgan fingerprint density at radius 3 is 2.65 bits per heavy atom. The van der Waals surface area contributed by atoms with Crippen molar-refractivity contribution in [3.63, 3.8) is 0 Å². The molecule has 0 aliphatic rings. The minimum Gasteiger partial charge on any atom is -0.475 e. The second-order valence-electron chi connectivity index (χ2n) is 5.07. The molecule has 0 saturated carbocycles. The van der Waals surface area contributed by atoms with Crippen LogP contribution in [0.5, 0.6) is 5.88 Å². The van der Waals surface area contributed by atoms with Crippen LogP contribution in [0.4, 0.5) is 0 Å². The third-order valence-corrected chi connectivity index (χ3v) is 3.62. The molecule has 2 rings (SSSR count). The number of methoxy groups -OCH3 is 1. The number of hydrogen-bond acceptors (Lipinski definition) is 5. The van der Waals surface area contributed by atoms with Crippen LogP contribution < -0.4 is 4.74 Å². The summed E-state index contributed by atoms with van der Waals surface area (Å²) in [5, 5.41) is 0. The summed E-state index contributed by atoms with van der Waals surface area (Å²) in [5.74, 6) is 0.179. The van der Waals surface area contributed by atoms with Crippen LogP contribution in [0, 0.1) is 0 Å². The molecule has 0 bridgehead atoms. The van der Waals surface area contributed by atoms with Gasteiger partial charge in [-0.15, -0.1) is 0 Å². The minimum absolute atomic E-state index is 0.0856. The van der Waals surface area contributed by atoms with Gasteiger partial charge in [0, 0.05) is 32.7 Å². The molecule has 0 N–H and O–H groups in total. The molecule has 2 aromatic rings. The maximum absolute atomic E-state index is 12.8. The van der Waals surface area contributed by atoms with Gasteiger partial charge in [-0.3, -0.25) is 9.78 Å². The number of carbonyl (C=O) groups excluding carboxylic acids is 1. The van der Waals surface area contributed by atoms with Crippen molar-refractivity contribution in [1.82, 2.24) is 14.9 Å². The number of amides is 1. The number of pyridine rings is 2. The van der Waals surface area contributed by atoms with Crippen LogP contribution in [-0.4, -0.2) is 48.1 Å². The van der Waals surface area contributed by atoms with E-state index in [4.69, 9.17) is 9.47 Å². The molecule has 0 saturated heterocycles. The van der Waals surface area contributed by atoms with Gasteiger partial charge >= 0.3 is 0 Å². The van der Waals surface area contributed by atoms with E-state index in [-0.39, 0.29) is 11.9 Å². The van der Waals surface area contributed by atoms with Crippen LogP contribution in [0.2, 0.25) is 0 Å². The van der Waals surface area contributed by atoms with Crippen molar-refractivity contribution in [2.45, 2.75) is 13.0 Å². The molecule has 2 heterocycles. The first-order valence-corrected chi connectivity index (χ1v) is 7.39. The van der Waals surface area contributed by atoms with E-state index in [0.29, 0.717) is 24.7 Å². The number of rotatable bonds is 7. The van der Waals surface area contributed by atoms with Crippen LogP contribution in [0.25, 0.3) is 0 Å². The van der Waals surface area contributed by atoms with E-state index in [1.54, 1.807) is 49.8 Å². The molecule has 0 fully saturated rings. The summed E-state index contributed by atoms with van der Waals surface area (Å²) >= 11 is 0. The molecule has 0 aliphatic heterocycles. The van der Waals surface area contributed by atoms with Crippen molar-refractivity contribution in [2.24, 2.45) is 0 Å². The zero-order valence-corrected chi connectivity index (χ0v) is 13.6. The average molecular weight is 315 g/mol. The number of ether oxygens (including phenoxy) is 2. The van der Waals surface area contributed by atoms with Gasteiger partial charge in [-0.25, -0.2) is 4.98 Å². The van der Waals surface area contributed by atoms with E-state index in [1.165, 1.54) is 0 Å². The third kappa shape index (κ3) is 4.26. The summed E-state index contributed by atoms with van der Waals surface area (Å²) in [6, 6.07) is 7.15. The standard InChI is InChI=1S/C17H21N3O3/c1-13(14-6-9-18-10-7-14)20(2)17(21)15-5-4-8-19-16(15)23-12-11-22-3/h4-10,13H,11-12H2,1-3H3. The Kier molecular flexibility index (Phi) is 6.05. The monoisotopic (exact) mass is 315 g/mol. The van der Waals surface area contributed by atoms with Gasteiger partial charge in [0.25, 0.3) is 5.91 Å². The normalized spacial score (nSPS) is 11.8. The highest BCUT2D eigenvalue weighted by Crippen LogP contribution is 2.23. The Morgan fingerprint density at radius 2 is 1.96 bits per heavy atom. The minimum atomic E-state index is -0.144. The zero-order chi connectivity index (χ0) is 16.7. The lowest BCUT2D eigenvalue weighted by molar-refractivity contribution is 0.0734. The molecule has 122 valence electrons. The highest BCUT2D eigenvalue weighted by Gasteiger charge is 2.22. The van der Waals surface area contributed by atoms with Crippen molar-refractivity contribution in [1.29, 1.82) is 0 Å². The topological polar surface area (TPSA) is 64.6 Å². The Morgan fingerprint density at radius 1 is 1.22 bits per heavy atom. The molecule has 6 nitrogen and oxygen atoms in total. The predicted octanol–water partition coefficient (Wildman–Crippen LogP) is 2.34. The number of nitrogens with zero attached hydrogens (tertiary/aromatic N) is 3. The van der Waals surface area contributed by atoms with Crippen LogP contribution in [0.1, 0.15) is 28.9 Å². The van der Waals surface area contributed by atoms with E-state index in [9.17, 15) is 4.79 Å². The number of carbonyl (C=O) groups is 1. The highest BCUT2D eigenvalue weighted by molar-refractivity contribution is 5.96. The van der Waals surface area contributed by atoms with Crippen molar-refractivity contribution >= 4 is 5.91 Å². The van der Waals surface area contributed by atoms with E-state index < -0.39 is 0 Å². The van der Waals surface area contributed by atoms with Crippen molar-refractivity contribution < 1.29 is 14.3 Å². The molecule has 0 radical (unpaired) electrons. The van der Waals surface area contributed by atoms with E-state index in [2.05, 4.69) is 9.97 Å². The summed E-state index contributed by atoms with van der Waals surface area (Å²) in [7, 11) is 3.36. The first-order valence-electron chi connectivity index (χ1n) is 7.39. The lowest BCUT2D eigenvalue weighted by atomic mass is 10.1. The second kappa shape index (κ2) is 8.24. The van der Waals surface area contributed by atoms with Crippen LogP contribution in [-0.2, 0) is 4.74 Å². The Labute approximate surface area is 136 Å². The van der Waals surface area contributed by atoms with Crippen molar-refractivity contribution in [3.8, 4) is 5.88 Å². The van der Waals surface area contributed by atoms with Gasteiger partial charge in [-0.05, 0) is 36.8 Å². The summed E-state index contributed by atoms with van der Waals surface area (Å²) < 4.78 is 10.5. The smallest absolute Gasteiger partial charge is 0.259 e. The van der Waals surface area contributed by atoms with E-state index >= 15 is 0 Å². The van der Waals surface area contributed by atoms with Crippen LogP contribution in [0.3, 0.4) is 0 Å². The second-order valence-corrected chi connectivity index (χ2v) is 5.07. The van der Waals surface area contributed by atoms with Gasteiger partial charge in [-0.2, -0.15) is 0 Å². The van der Waals surface area contributed by atoms with Gasteiger partial charge in [0.2, 0.25) is 5.88 Å². The van der Waals surface area contributed by atoms with Gasteiger partial charge in [0.1, 0.15) is 12.2 Å². The quantitative estimate of drug-likeness (QED) is 0.734. The van der Waals surface area contributed by atoms with Crippen molar-refractivity contribution in [3.05, 3.63) is 54.0 Å². The molecule has 0 aliphatic carbocycles. The highest BCUT2D eigenvalue weighted by atomic mass is 16.5. The fourth-order valence-electron chi connectivity index (χ4n) is 2.12.